The predicted octanol–water partition coefficient (Wildman–Crippen LogP) is 6.50. The van der Waals surface area contributed by atoms with E-state index in [2.05, 4.69) is 59.7 Å². The van der Waals surface area contributed by atoms with E-state index in [0.717, 1.165) is 50.9 Å². The summed E-state index contributed by atoms with van der Waals surface area (Å²) < 4.78 is 11.2. The van der Waals surface area contributed by atoms with Gasteiger partial charge in [-0.15, -0.1) is 0 Å². The molecule has 1 aromatic rings. The Balaban J connectivity index is 2.55. The fourth-order valence-electron chi connectivity index (χ4n) is 4.76. The first-order chi connectivity index (χ1) is 14.7. The van der Waals surface area contributed by atoms with Crippen LogP contribution in [0.4, 0.5) is 0 Å². The lowest BCUT2D eigenvalue weighted by Gasteiger charge is -2.38. The van der Waals surface area contributed by atoms with E-state index in [9.17, 15) is 4.79 Å². The molecule has 0 aliphatic heterocycles. The number of carbonyl (C=O) groups is 1. The van der Waals surface area contributed by atoms with Crippen LogP contribution < -0.4 is 10.5 Å². The fourth-order valence-corrected chi connectivity index (χ4v) is 4.76. The molecule has 178 valence electrons. The summed E-state index contributed by atoms with van der Waals surface area (Å²) in [6.07, 6.45) is 7.36. The number of methoxy groups -OCH3 is 1. The normalized spacial score (nSPS) is 12.2. The number of benzene rings is 1. The third-order valence-electron chi connectivity index (χ3n) is 6.78. The highest BCUT2D eigenvalue weighted by Crippen LogP contribution is 2.40. The summed E-state index contributed by atoms with van der Waals surface area (Å²) in [6.45, 7) is 14.3. The quantitative estimate of drug-likeness (QED) is 0.303. The van der Waals surface area contributed by atoms with Gasteiger partial charge < -0.3 is 15.2 Å². The summed E-state index contributed by atoms with van der Waals surface area (Å²) in [6, 6.07) is 6.68. The average molecular weight is 434 g/mol. The molecule has 0 aliphatic carbocycles. The van der Waals surface area contributed by atoms with Crippen molar-refractivity contribution in [2.24, 2.45) is 23.0 Å². The molecule has 0 atom stereocenters. The summed E-state index contributed by atoms with van der Waals surface area (Å²) in [5, 5.41) is 0. The van der Waals surface area contributed by atoms with Gasteiger partial charge in [-0.2, -0.15) is 0 Å². The summed E-state index contributed by atoms with van der Waals surface area (Å²) >= 11 is 0. The van der Waals surface area contributed by atoms with E-state index in [0.29, 0.717) is 12.5 Å². The van der Waals surface area contributed by atoms with Crippen LogP contribution in [-0.4, -0.2) is 26.2 Å². The minimum Gasteiger partial charge on any atom is -0.493 e. The Morgan fingerprint density at radius 2 is 1.58 bits per heavy atom. The molecule has 1 amide bonds. The van der Waals surface area contributed by atoms with E-state index in [1.807, 2.05) is 0 Å². The molecule has 0 aliphatic rings. The molecule has 1 rings (SSSR count). The number of amides is 1. The highest BCUT2D eigenvalue weighted by Gasteiger charge is 2.42. The molecule has 0 unspecified atom stereocenters. The summed E-state index contributed by atoms with van der Waals surface area (Å²) in [4.78, 5) is 12.2. The van der Waals surface area contributed by atoms with E-state index in [-0.39, 0.29) is 23.2 Å². The number of carbonyl (C=O) groups excluding carboxylic acids is 1. The minimum absolute atomic E-state index is 0.138. The van der Waals surface area contributed by atoms with Crippen molar-refractivity contribution in [2.45, 2.75) is 92.4 Å². The van der Waals surface area contributed by atoms with Crippen molar-refractivity contribution in [1.29, 1.82) is 0 Å². The fraction of sp³-hybridized carbons (Fsp3) is 0.741. The van der Waals surface area contributed by atoms with Gasteiger partial charge in [0.05, 0.1) is 12.0 Å². The Labute approximate surface area is 191 Å². The first-order valence-electron chi connectivity index (χ1n) is 12.2. The summed E-state index contributed by atoms with van der Waals surface area (Å²) in [5.74, 6) is 1.86. The lowest BCUT2D eigenvalue weighted by molar-refractivity contribution is -0.134. The molecule has 1 aromatic carbocycles. The van der Waals surface area contributed by atoms with Gasteiger partial charge in [-0.1, -0.05) is 72.9 Å². The van der Waals surface area contributed by atoms with Crippen LogP contribution in [0, 0.1) is 17.3 Å². The Kier molecular flexibility index (Phi) is 12.2. The Hall–Kier alpha value is -1.55. The molecular formula is C27H47NO3. The number of aryl methyl sites for hydroxylation is 1. The number of rotatable bonds is 16. The molecule has 0 fully saturated rings. The standard InChI is InChI=1S/C27H47NO3/c1-20(2)24-15-14-23(19-25(24)31-18-12-17-30-7)13-10-8-9-11-16-27(21(3)4,22(5)6)26(28)29/h14-15,19-22H,8-13,16-18H2,1-7H3,(H2,28,29). The molecule has 0 heterocycles. The smallest absolute Gasteiger partial charge is 0.224 e. The van der Waals surface area contributed by atoms with Crippen molar-refractivity contribution < 1.29 is 14.3 Å². The minimum atomic E-state index is -0.387. The molecule has 0 saturated carbocycles. The van der Waals surface area contributed by atoms with Crippen LogP contribution in [0.1, 0.15) is 97.1 Å². The highest BCUT2D eigenvalue weighted by atomic mass is 16.5. The Morgan fingerprint density at radius 3 is 2.13 bits per heavy atom. The topological polar surface area (TPSA) is 61.6 Å². The zero-order valence-corrected chi connectivity index (χ0v) is 21.1. The van der Waals surface area contributed by atoms with E-state index in [1.165, 1.54) is 17.5 Å². The SMILES string of the molecule is COCCCOc1cc(CCCCCCC(C(N)=O)(C(C)C)C(C)C)ccc1C(C)C. The molecular weight excluding hydrogens is 386 g/mol. The molecule has 4 heteroatoms. The number of primary amides is 1. The lowest BCUT2D eigenvalue weighted by Crippen LogP contribution is -2.45. The summed E-state index contributed by atoms with van der Waals surface area (Å²) in [5.41, 5.74) is 8.05. The van der Waals surface area contributed by atoms with Crippen molar-refractivity contribution in [3.63, 3.8) is 0 Å². The lowest BCUT2D eigenvalue weighted by atomic mass is 9.65. The molecule has 0 aromatic heterocycles. The van der Waals surface area contributed by atoms with Crippen molar-refractivity contribution in [1.82, 2.24) is 0 Å². The van der Waals surface area contributed by atoms with Gasteiger partial charge in [-0.05, 0) is 54.2 Å². The van der Waals surface area contributed by atoms with E-state index in [4.69, 9.17) is 15.2 Å². The summed E-state index contributed by atoms with van der Waals surface area (Å²) in [7, 11) is 1.72. The second-order valence-corrected chi connectivity index (χ2v) is 9.85. The van der Waals surface area contributed by atoms with E-state index < -0.39 is 0 Å². The Bertz CT molecular complexity index is 644. The molecule has 2 N–H and O–H groups in total. The van der Waals surface area contributed by atoms with Crippen LogP contribution in [0.15, 0.2) is 18.2 Å². The number of nitrogens with two attached hydrogens (primary N) is 1. The molecule has 0 radical (unpaired) electrons. The van der Waals surface area contributed by atoms with E-state index in [1.54, 1.807) is 7.11 Å². The van der Waals surface area contributed by atoms with Crippen LogP contribution >= 0.6 is 0 Å². The molecule has 0 bridgehead atoms. The van der Waals surface area contributed by atoms with Crippen molar-refractivity contribution in [2.75, 3.05) is 20.3 Å². The largest absolute Gasteiger partial charge is 0.493 e. The average Bonchev–Trinajstić information content (AvgIpc) is 2.69. The van der Waals surface area contributed by atoms with Gasteiger partial charge in [0.1, 0.15) is 5.75 Å². The predicted molar refractivity (Wildman–Crippen MR) is 131 cm³/mol. The van der Waals surface area contributed by atoms with Crippen LogP contribution in [-0.2, 0) is 16.0 Å². The van der Waals surface area contributed by atoms with Crippen molar-refractivity contribution >= 4 is 5.91 Å². The molecule has 4 nitrogen and oxygen atoms in total. The highest BCUT2D eigenvalue weighted by molar-refractivity contribution is 5.81. The first kappa shape index (κ1) is 27.5. The first-order valence-corrected chi connectivity index (χ1v) is 12.2. The number of unbranched alkanes of at least 4 members (excludes halogenated alkanes) is 3. The van der Waals surface area contributed by atoms with Gasteiger partial charge in [0.25, 0.3) is 0 Å². The maximum absolute atomic E-state index is 12.2. The zero-order chi connectivity index (χ0) is 23.4. The van der Waals surface area contributed by atoms with E-state index >= 15 is 0 Å². The second kappa shape index (κ2) is 13.8. The van der Waals surface area contributed by atoms with Crippen LogP contribution in [0.2, 0.25) is 0 Å². The number of ether oxygens (including phenoxy) is 2. The van der Waals surface area contributed by atoms with Crippen molar-refractivity contribution in [3.8, 4) is 5.75 Å². The molecule has 31 heavy (non-hydrogen) atoms. The van der Waals surface area contributed by atoms with Gasteiger partial charge in [-0.25, -0.2) is 0 Å². The van der Waals surface area contributed by atoms with Crippen LogP contribution in [0.5, 0.6) is 5.75 Å². The third-order valence-corrected chi connectivity index (χ3v) is 6.78. The van der Waals surface area contributed by atoms with Gasteiger partial charge in [0.15, 0.2) is 0 Å². The van der Waals surface area contributed by atoms with Crippen LogP contribution in [0.3, 0.4) is 0 Å². The van der Waals surface area contributed by atoms with Gasteiger partial charge in [0.2, 0.25) is 5.91 Å². The van der Waals surface area contributed by atoms with Crippen molar-refractivity contribution in [3.05, 3.63) is 29.3 Å². The van der Waals surface area contributed by atoms with Gasteiger partial charge in [0, 0.05) is 20.1 Å². The monoisotopic (exact) mass is 433 g/mol. The van der Waals surface area contributed by atoms with Gasteiger partial charge >= 0.3 is 0 Å². The number of hydrogen-bond donors (Lipinski definition) is 1. The van der Waals surface area contributed by atoms with Gasteiger partial charge in [-0.3, -0.25) is 4.79 Å². The molecule has 0 saturated heterocycles. The molecule has 0 spiro atoms. The maximum atomic E-state index is 12.2. The third kappa shape index (κ3) is 8.14. The maximum Gasteiger partial charge on any atom is 0.224 e. The zero-order valence-electron chi connectivity index (χ0n) is 21.1. The second-order valence-electron chi connectivity index (χ2n) is 9.85. The number of hydrogen-bond acceptors (Lipinski definition) is 3. The van der Waals surface area contributed by atoms with Crippen LogP contribution in [0.25, 0.3) is 0 Å². The Morgan fingerprint density at radius 1 is 0.935 bits per heavy atom.